The SMILES string of the molecule is CCNCc1c(Cl)cccc1N(C)CC(=O)N(C)C. The first kappa shape index (κ1) is 15.8. The third-order valence-corrected chi connectivity index (χ3v) is 3.28. The molecule has 0 spiro atoms. The van der Waals surface area contributed by atoms with E-state index in [0.29, 0.717) is 13.1 Å². The van der Waals surface area contributed by atoms with E-state index in [-0.39, 0.29) is 5.91 Å². The van der Waals surface area contributed by atoms with Gasteiger partial charge in [-0.3, -0.25) is 4.79 Å². The number of nitrogens with one attached hydrogen (secondary N) is 1. The summed E-state index contributed by atoms with van der Waals surface area (Å²) >= 11 is 6.25. The van der Waals surface area contributed by atoms with Crippen molar-refractivity contribution in [3.8, 4) is 0 Å². The lowest BCUT2D eigenvalue weighted by atomic mass is 10.1. The molecule has 1 aromatic carbocycles. The van der Waals surface area contributed by atoms with Gasteiger partial charge < -0.3 is 15.1 Å². The summed E-state index contributed by atoms with van der Waals surface area (Å²) in [6.07, 6.45) is 0. The summed E-state index contributed by atoms with van der Waals surface area (Å²) in [5, 5.41) is 3.99. The van der Waals surface area contributed by atoms with Crippen molar-refractivity contribution in [2.45, 2.75) is 13.5 Å². The molecule has 5 heteroatoms. The molecule has 0 atom stereocenters. The van der Waals surface area contributed by atoms with Crippen molar-refractivity contribution in [3.63, 3.8) is 0 Å². The Hall–Kier alpha value is -1.26. The Morgan fingerprint density at radius 1 is 1.32 bits per heavy atom. The quantitative estimate of drug-likeness (QED) is 0.867. The summed E-state index contributed by atoms with van der Waals surface area (Å²) in [4.78, 5) is 15.3. The van der Waals surface area contributed by atoms with Gasteiger partial charge in [0.05, 0.1) is 6.54 Å². The van der Waals surface area contributed by atoms with Crippen molar-refractivity contribution >= 4 is 23.2 Å². The van der Waals surface area contributed by atoms with Crippen molar-refractivity contribution in [1.82, 2.24) is 10.2 Å². The van der Waals surface area contributed by atoms with E-state index in [4.69, 9.17) is 11.6 Å². The molecule has 106 valence electrons. The van der Waals surface area contributed by atoms with Gasteiger partial charge in [-0.2, -0.15) is 0 Å². The van der Waals surface area contributed by atoms with Gasteiger partial charge in [0, 0.05) is 44.0 Å². The van der Waals surface area contributed by atoms with Crippen LogP contribution in [0.15, 0.2) is 18.2 Å². The maximum Gasteiger partial charge on any atom is 0.241 e. The molecule has 0 saturated carbocycles. The highest BCUT2D eigenvalue weighted by molar-refractivity contribution is 6.31. The van der Waals surface area contributed by atoms with E-state index in [2.05, 4.69) is 12.2 Å². The molecule has 1 amide bonds. The predicted octanol–water partition coefficient (Wildman–Crippen LogP) is 1.97. The fourth-order valence-electron chi connectivity index (χ4n) is 1.76. The first-order valence-corrected chi connectivity index (χ1v) is 6.74. The second-order valence-electron chi connectivity index (χ2n) is 4.66. The molecule has 19 heavy (non-hydrogen) atoms. The normalized spacial score (nSPS) is 10.4. The van der Waals surface area contributed by atoms with Gasteiger partial charge in [0.1, 0.15) is 0 Å². The van der Waals surface area contributed by atoms with E-state index in [1.807, 2.05) is 30.1 Å². The van der Waals surface area contributed by atoms with E-state index in [1.165, 1.54) is 0 Å². The Labute approximate surface area is 120 Å². The molecule has 1 N–H and O–H groups in total. The van der Waals surface area contributed by atoms with Gasteiger partial charge in [-0.1, -0.05) is 24.6 Å². The van der Waals surface area contributed by atoms with Crippen molar-refractivity contribution in [3.05, 3.63) is 28.8 Å². The second-order valence-corrected chi connectivity index (χ2v) is 5.07. The van der Waals surface area contributed by atoms with Gasteiger partial charge in [0.25, 0.3) is 0 Å². The van der Waals surface area contributed by atoms with Crippen LogP contribution in [-0.2, 0) is 11.3 Å². The number of nitrogens with zero attached hydrogens (tertiary/aromatic N) is 2. The molecule has 4 nitrogen and oxygen atoms in total. The van der Waals surface area contributed by atoms with Gasteiger partial charge in [0.2, 0.25) is 5.91 Å². The van der Waals surface area contributed by atoms with E-state index in [0.717, 1.165) is 22.8 Å². The van der Waals surface area contributed by atoms with Crippen LogP contribution in [0.4, 0.5) is 5.69 Å². The molecule has 0 unspecified atom stereocenters. The number of hydrogen-bond acceptors (Lipinski definition) is 3. The van der Waals surface area contributed by atoms with E-state index >= 15 is 0 Å². The molecule has 0 aromatic heterocycles. The van der Waals surface area contributed by atoms with Crippen LogP contribution in [0.2, 0.25) is 5.02 Å². The summed E-state index contributed by atoms with van der Waals surface area (Å²) in [6.45, 7) is 3.97. The van der Waals surface area contributed by atoms with Crippen molar-refractivity contribution in [2.75, 3.05) is 39.1 Å². The molecule has 0 aliphatic heterocycles. The largest absolute Gasteiger partial charge is 0.365 e. The number of amides is 1. The minimum Gasteiger partial charge on any atom is -0.365 e. The summed E-state index contributed by atoms with van der Waals surface area (Å²) in [7, 11) is 5.42. The summed E-state index contributed by atoms with van der Waals surface area (Å²) in [5.74, 6) is 0.0666. The lowest BCUT2D eigenvalue weighted by molar-refractivity contribution is -0.127. The third-order valence-electron chi connectivity index (χ3n) is 2.93. The van der Waals surface area contributed by atoms with Crippen LogP contribution in [0.25, 0.3) is 0 Å². The number of benzene rings is 1. The number of carbonyl (C=O) groups excluding carboxylic acids is 1. The summed E-state index contributed by atoms with van der Waals surface area (Å²) in [6, 6.07) is 5.77. The monoisotopic (exact) mass is 283 g/mol. The van der Waals surface area contributed by atoms with Gasteiger partial charge in [-0.25, -0.2) is 0 Å². The maximum atomic E-state index is 11.8. The molecular weight excluding hydrogens is 262 g/mol. The zero-order valence-corrected chi connectivity index (χ0v) is 12.8. The molecule has 0 radical (unpaired) electrons. The number of anilines is 1. The standard InChI is InChI=1S/C14H22ClN3O/c1-5-16-9-11-12(15)7-6-8-13(11)18(4)10-14(19)17(2)3/h6-8,16H,5,9-10H2,1-4H3. The van der Waals surface area contributed by atoms with E-state index in [1.54, 1.807) is 19.0 Å². The summed E-state index contributed by atoms with van der Waals surface area (Å²) < 4.78 is 0. The first-order chi connectivity index (χ1) is 8.97. The van der Waals surface area contributed by atoms with Crippen molar-refractivity contribution < 1.29 is 4.79 Å². The molecule has 1 rings (SSSR count). The Balaban J connectivity index is 2.92. The highest BCUT2D eigenvalue weighted by Gasteiger charge is 2.14. The molecule has 1 aromatic rings. The molecule has 0 aliphatic carbocycles. The molecular formula is C14H22ClN3O. The minimum atomic E-state index is 0.0666. The Bertz CT molecular complexity index is 435. The first-order valence-electron chi connectivity index (χ1n) is 6.36. The lowest BCUT2D eigenvalue weighted by Crippen LogP contribution is -2.35. The van der Waals surface area contributed by atoms with Crippen LogP contribution in [0.1, 0.15) is 12.5 Å². The topological polar surface area (TPSA) is 35.6 Å². The molecule has 0 heterocycles. The average molecular weight is 284 g/mol. The predicted molar refractivity (Wildman–Crippen MR) is 80.8 cm³/mol. The van der Waals surface area contributed by atoms with Crippen LogP contribution >= 0.6 is 11.6 Å². The minimum absolute atomic E-state index is 0.0666. The molecule has 0 saturated heterocycles. The number of likely N-dealkylation sites (N-methyl/N-ethyl adjacent to an activating group) is 2. The van der Waals surface area contributed by atoms with Crippen molar-refractivity contribution in [2.24, 2.45) is 0 Å². The zero-order valence-electron chi connectivity index (χ0n) is 12.0. The van der Waals surface area contributed by atoms with Crippen LogP contribution in [0, 0.1) is 0 Å². The highest BCUT2D eigenvalue weighted by atomic mass is 35.5. The highest BCUT2D eigenvalue weighted by Crippen LogP contribution is 2.26. The van der Waals surface area contributed by atoms with Gasteiger partial charge in [-0.05, 0) is 18.7 Å². The van der Waals surface area contributed by atoms with Crippen LogP contribution in [0.5, 0.6) is 0 Å². The van der Waals surface area contributed by atoms with Crippen LogP contribution in [0.3, 0.4) is 0 Å². The van der Waals surface area contributed by atoms with Gasteiger partial charge in [-0.15, -0.1) is 0 Å². The Kier molecular flexibility index (Phi) is 6.12. The Morgan fingerprint density at radius 2 is 2.00 bits per heavy atom. The summed E-state index contributed by atoms with van der Waals surface area (Å²) in [5.41, 5.74) is 2.02. The van der Waals surface area contributed by atoms with Gasteiger partial charge >= 0.3 is 0 Å². The van der Waals surface area contributed by atoms with E-state index in [9.17, 15) is 4.79 Å². The van der Waals surface area contributed by atoms with Crippen molar-refractivity contribution in [1.29, 1.82) is 0 Å². The molecule has 0 bridgehead atoms. The fraction of sp³-hybridized carbons (Fsp3) is 0.500. The number of carbonyl (C=O) groups is 1. The fourth-order valence-corrected chi connectivity index (χ4v) is 2.00. The average Bonchev–Trinajstić information content (AvgIpc) is 2.36. The van der Waals surface area contributed by atoms with Gasteiger partial charge in [0.15, 0.2) is 0 Å². The van der Waals surface area contributed by atoms with Crippen LogP contribution < -0.4 is 10.2 Å². The smallest absolute Gasteiger partial charge is 0.241 e. The number of rotatable bonds is 6. The zero-order chi connectivity index (χ0) is 14.4. The van der Waals surface area contributed by atoms with Crippen LogP contribution in [-0.4, -0.2) is 45.0 Å². The van der Waals surface area contributed by atoms with E-state index < -0.39 is 0 Å². The second kappa shape index (κ2) is 7.36. The molecule has 0 fully saturated rings. The Morgan fingerprint density at radius 3 is 2.58 bits per heavy atom. The number of halogens is 1. The third kappa shape index (κ3) is 4.40. The number of hydrogen-bond donors (Lipinski definition) is 1. The maximum absolute atomic E-state index is 11.8. The lowest BCUT2D eigenvalue weighted by Gasteiger charge is -2.24. The molecule has 0 aliphatic rings.